The van der Waals surface area contributed by atoms with Crippen molar-refractivity contribution in [3.8, 4) is 0 Å². The first kappa shape index (κ1) is 10.3. The van der Waals surface area contributed by atoms with Gasteiger partial charge in [-0.25, -0.2) is 0 Å². The second-order valence-electron chi connectivity index (χ2n) is 3.23. The number of aromatic nitrogens is 2. The van der Waals surface area contributed by atoms with Gasteiger partial charge < -0.3 is 4.57 Å². The Bertz CT molecular complexity index is 335. The molecule has 0 aliphatic rings. The van der Waals surface area contributed by atoms with Crippen molar-refractivity contribution in [3.05, 3.63) is 28.4 Å². The number of hydrogen-bond acceptors (Lipinski definition) is 2. The first-order chi connectivity index (χ1) is 6.15. The van der Waals surface area contributed by atoms with Gasteiger partial charge in [0, 0.05) is 24.8 Å². The van der Waals surface area contributed by atoms with Gasteiger partial charge in [-0.05, 0) is 12.8 Å². The van der Waals surface area contributed by atoms with Gasteiger partial charge in [0.2, 0.25) is 0 Å². The normalized spacial score (nSPS) is 12.8. The molecule has 13 heavy (non-hydrogen) atoms. The van der Waals surface area contributed by atoms with Crippen LogP contribution in [0, 0.1) is 12.8 Å². The lowest BCUT2D eigenvalue weighted by Gasteiger charge is -2.09. The highest BCUT2D eigenvalue weighted by Crippen LogP contribution is 2.00. The molecule has 0 aromatic carbocycles. The van der Waals surface area contributed by atoms with Crippen molar-refractivity contribution in [3.63, 3.8) is 0 Å². The van der Waals surface area contributed by atoms with Crippen LogP contribution in [0.15, 0.2) is 17.2 Å². The lowest BCUT2D eigenvalue weighted by molar-refractivity contribution is 0.511. The predicted molar refractivity (Wildman–Crippen MR) is 53.1 cm³/mol. The first-order valence-corrected chi connectivity index (χ1v) is 4.76. The Kier molecular flexibility index (Phi) is 3.48. The quantitative estimate of drug-likeness (QED) is 0.692. The van der Waals surface area contributed by atoms with Crippen molar-refractivity contribution in [2.75, 3.05) is 5.88 Å². The summed E-state index contributed by atoms with van der Waals surface area (Å²) in [6.07, 6.45) is 3.33. The van der Waals surface area contributed by atoms with E-state index in [9.17, 15) is 4.79 Å². The number of nitrogens with zero attached hydrogens (tertiary/aromatic N) is 2. The van der Waals surface area contributed by atoms with E-state index >= 15 is 0 Å². The van der Waals surface area contributed by atoms with Crippen LogP contribution in [0.25, 0.3) is 0 Å². The second kappa shape index (κ2) is 4.42. The average molecular weight is 201 g/mol. The monoisotopic (exact) mass is 200 g/mol. The molecule has 1 aromatic rings. The van der Waals surface area contributed by atoms with Crippen molar-refractivity contribution in [2.24, 2.45) is 5.92 Å². The summed E-state index contributed by atoms with van der Waals surface area (Å²) in [5.41, 5.74) is 0.503. The largest absolute Gasteiger partial charge is 0.312 e. The van der Waals surface area contributed by atoms with E-state index < -0.39 is 0 Å². The van der Waals surface area contributed by atoms with E-state index in [4.69, 9.17) is 11.6 Å². The van der Waals surface area contributed by atoms with Gasteiger partial charge in [0.1, 0.15) is 5.69 Å². The Labute approximate surface area is 82.4 Å². The van der Waals surface area contributed by atoms with Crippen LogP contribution < -0.4 is 5.56 Å². The molecular weight excluding hydrogens is 188 g/mol. The van der Waals surface area contributed by atoms with Crippen LogP contribution in [0.3, 0.4) is 0 Å². The molecule has 0 aliphatic carbocycles. The van der Waals surface area contributed by atoms with Crippen molar-refractivity contribution in [2.45, 2.75) is 20.4 Å². The highest BCUT2D eigenvalue weighted by atomic mass is 35.5. The number of halogens is 1. The third-order valence-electron chi connectivity index (χ3n) is 1.86. The summed E-state index contributed by atoms with van der Waals surface area (Å²) in [6, 6.07) is 0. The molecule has 0 fully saturated rings. The van der Waals surface area contributed by atoms with E-state index in [1.165, 1.54) is 0 Å². The number of rotatable bonds is 3. The molecule has 0 aliphatic heterocycles. The van der Waals surface area contributed by atoms with Gasteiger partial charge in [0.05, 0.1) is 0 Å². The Morgan fingerprint density at radius 1 is 1.69 bits per heavy atom. The van der Waals surface area contributed by atoms with Gasteiger partial charge in [-0.3, -0.25) is 9.78 Å². The molecule has 0 amide bonds. The van der Waals surface area contributed by atoms with Crippen LogP contribution in [0.5, 0.6) is 0 Å². The van der Waals surface area contributed by atoms with Crippen LogP contribution in [-0.2, 0) is 6.54 Å². The van der Waals surface area contributed by atoms with E-state index in [1.807, 2.05) is 6.92 Å². The third-order valence-corrected chi connectivity index (χ3v) is 2.38. The number of alkyl halides is 1. The van der Waals surface area contributed by atoms with Gasteiger partial charge in [-0.1, -0.05) is 6.92 Å². The number of aryl methyl sites for hydroxylation is 1. The van der Waals surface area contributed by atoms with E-state index in [0.717, 1.165) is 0 Å². The van der Waals surface area contributed by atoms with Crippen molar-refractivity contribution >= 4 is 11.6 Å². The SMILES string of the molecule is Cc1nccn(CC(C)CCl)c1=O. The van der Waals surface area contributed by atoms with Crippen LogP contribution in [-0.4, -0.2) is 15.4 Å². The van der Waals surface area contributed by atoms with Crippen molar-refractivity contribution in [1.82, 2.24) is 9.55 Å². The van der Waals surface area contributed by atoms with Gasteiger partial charge in [0.15, 0.2) is 0 Å². The molecular formula is C9H13ClN2O. The maximum absolute atomic E-state index is 11.5. The van der Waals surface area contributed by atoms with Crippen LogP contribution >= 0.6 is 11.6 Å². The minimum atomic E-state index is -0.0283. The summed E-state index contributed by atoms with van der Waals surface area (Å²) < 4.78 is 1.65. The maximum Gasteiger partial charge on any atom is 0.271 e. The first-order valence-electron chi connectivity index (χ1n) is 4.23. The standard InChI is InChI=1S/C9H13ClN2O/c1-7(5-10)6-12-4-3-11-8(2)9(12)13/h3-4,7H,5-6H2,1-2H3. The zero-order valence-electron chi connectivity index (χ0n) is 7.83. The molecule has 1 unspecified atom stereocenters. The van der Waals surface area contributed by atoms with E-state index in [1.54, 1.807) is 23.9 Å². The number of hydrogen-bond donors (Lipinski definition) is 0. The lowest BCUT2D eigenvalue weighted by Crippen LogP contribution is -2.25. The summed E-state index contributed by atoms with van der Waals surface area (Å²) >= 11 is 5.66. The van der Waals surface area contributed by atoms with Crippen LogP contribution in [0.2, 0.25) is 0 Å². The van der Waals surface area contributed by atoms with E-state index in [2.05, 4.69) is 4.98 Å². The van der Waals surface area contributed by atoms with E-state index in [0.29, 0.717) is 24.0 Å². The molecule has 0 saturated heterocycles. The molecule has 72 valence electrons. The summed E-state index contributed by atoms with van der Waals surface area (Å²) in [5.74, 6) is 0.870. The Morgan fingerprint density at radius 2 is 2.38 bits per heavy atom. The highest BCUT2D eigenvalue weighted by molar-refractivity contribution is 6.18. The zero-order valence-corrected chi connectivity index (χ0v) is 8.58. The molecule has 4 heteroatoms. The molecule has 0 saturated carbocycles. The second-order valence-corrected chi connectivity index (χ2v) is 3.54. The van der Waals surface area contributed by atoms with Gasteiger partial charge in [0.25, 0.3) is 5.56 Å². The lowest BCUT2D eigenvalue weighted by atomic mass is 10.2. The summed E-state index contributed by atoms with van der Waals surface area (Å²) in [6.45, 7) is 4.38. The predicted octanol–water partition coefficient (Wildman–Crippen LogP) is 1.43. The van der Waals surface area contributed by atoms with Crippen molar-refractivity contribution < 1.29 is 0 Å². The summed E-state index contributed by atoms with van der Waals surface area (Å²) in [7, 11) is 0. The molecule has 1 heterocycles. The highest BCUT2D eigenvalue weighted by Gasteiger charge is 2.04. The van der Waals surface area contributed by atoms with Crippen LogP contribution in [0.1, 0.15) is 12.6 Å². The third kappa shape index (κ3) is 2.56. The molecule has 3 nitrogen and oxygen atoms in total. The van der Waals surface area contributed by atoms with Crippen molar-refractivity contribution in [1.29, 1.82) is 0 Å². The maximum atomic E-state index is 11.5. The van der Waals surface area contributed by atoms with Gasteiger partial charge in [-0.2, -0.15) is 0 Å². The zero-order chi connectivity index (χ0) is 9.84. The molecule has 0 spiro atoms. The molecule has 0 radical (unpaired) electrons. The van der Waals surface area contributed by atoms with Gasteiger partial charge >= 0.3 is 0 Å². The van der Waals surface area contributed by atoms with Gasteiger partial charge in [-0.15, -0.1) is 11.6 Å². The summed E-state index contributed by atoms with van der Waals surface area (Å²) in [4.78, 5) is 15.4. The molecule has 1 rings (SSSR count). The minimum Gasteiger partial charge on any atom is -0.312 e. The fourth-order valence-corrected chi connectivity index (χ4v) is 1.18. The molecule has 0 N–H and O–H groups in total. The fraction of sp³-hybridized carbons (Fsp3) is 0.556. The molecule has 1 aromatic heterocycles. The van der Waals surface area contributed by atoms with Crippen LogP contribution in [0.4, 0.5) is 0 Å². The molecule has 0 bridgehead atoms. The topological polar surface area (TPSA) is 34.9 Å². The average Bonchev–Trinajstić information content (AvgIpc) is 2.13. The Hall–Kier alpha value is -0.830. The smallest absolute Gasteiger partial charge is 0.271 e. The summed E-state index contributed by atoms with van der Waals surface area (Å²) in [5, 5.41) is 0. The fourth-order valence-electron chi connectivity index (χ4n) is 1.08. The Balaban J connectivity index is 2.89. The molecule has 1 atom stereocenters. The van der Waals surface area contributed by atoms with E-state index in [-0.39, 0.29) is 5.56 Å². The minimum absolute atomic E-state index is 0.0283. The Morgan fingerprint density at radius 3 is 3.00 bits per heavy atom.